The number of nitrogens with two attached hydrogens (primary N) is 1. The van der Waals surface area contributed by atoms with E-state index in [1.54, 1.807) is 24.3 Å². The zero-order valence-electron chi connectivity index (χ0n) is 11.6. The maximum Gasteiger partial charge on any atom is 0.309 e. The first kappa shape index (κ1) is 15.8. The van der Waals surface area contributed by atoms with Crippen LogP contribution in [0.2, 0.25) is 0 Å². The highest BCUT2D eigenvalue weighted by molar-refractivity contribution is 5.80. The number of nitrogens with one attached hydrogen (secondary N) is 1. The van der Waals surface area contributed by atoms with Crippen molar-refractivity contribution in [2.24, 2.45) is 0 Å². The van der Waals surface area contributed by atoms with Crippen molar-refractivity contribution in [3.8, 4) is 5.75 Å². The van der Waals surface area contributed by atoms with E-state index in [0.29, 0.717) is 18.0 Å². The SMILES string of the molecule is CCCNC(=O)COC(=O)CCOc1ccc(N)cc1. The van der Waals surface area contributed by atoms with Gasteiger partial charge in [0.2, 0.25) is 0 Å². The zero-order valence-corrected chi connectivity index (χ0v) is 11.6. The lowest BCUT2D eigenvalue weighted by molar-refractivity contribution is -0.149. The van der Waals surface area contributed by atoms with E-state index in [1.807, 2.05) is 6.92 Å². The molecule has 0 saturated heterocycles. The molecule has 20 heavy (non-hydrogen) atoms. The van der Waals surface area contributed by atoms with Crippen LogP contribution < -0.4 is 15.8 Å². The van der Waals surface area contributed by atoms with Crippen molar-refractivity contribution >= 4 is 17.6 Å². The first-order valence-corrected chi connectivity index (χ1v) is 6.52. The van der Waals surface area contributed by atoms with E-state index in [4.69, 9.17) is 15.2 Å². The van der Waals surface area contributed by atoms with Crippen LogP contribution in [0, 0.1) is 0 Å². The minimum atomic E-state index is -0.466. The first-order valence-electron chi connectivity index (χ1n) is 6.52. The third-order valence-electron chi connectivity index (χ3n) is 2.39. The van der Waals surface area contributed by atoms with Crippen molar-refractivity contribution in [3.63, 3.8) is 0 Å². The van der Waals surface area contributed by atoms with E-state index in [1.165, 1.54) is 0 Å². The summed E-state index contributed by atoms with van der Waals surface area (Å²) in [5.74, 6) is -0.126. The van der Waals surface area contributed by atoms with Crippen molar-refractivity contribution in [1.29, 1.82) is 0 Å². The fraction of sp³-hybridized carbons (Fsp3) is 0.429. The topological polar surface area (TPSA) is 90.6 Å². The van der Waals surface area contributed by atoms with E-state index < -0.39 is 5.97 Å². The first-order chi connectivity index (χ1) is 9.61. The lowest BCUT2D eigenvalue weighted by Crippen LogP contribution is -2.29. The number of hydrogen-bond acceptors (Lipinski definition) is 5. The Kier molecular flexibility index (Phi) is 6.95. The molecule has 1 aromatic carbocycles. The Morgan fingerprint density at radius 2 is 1.95 bits per heavy atom. The third kappa shape index (κ3) is 6.63. The molecule has 1 amide bonds. The Labute approximate surface area is 118 Å². The largest absolute Gasteiger partial charge is 0.493 e. The van der Waals surface area contributed by atoms with Crippen LogP contribution in [0.3, 0.4) is 0 Å². The van der Waals surface area contributed by atoms with Gasteiger partial charge < -0.3 is 20.5 Å². The lowest BCUT2D eigenvalue weighted by atomic mass is 10.3. The maximum absolute atomic E-state index is 11.4. The molecule has 0 spiro atoms. The van der Waals surface area contributed by atoms with Gasteiger partial charge in [0.05, 0.1) is 13.0 Å². The molecule has 6 nitrogen and oxygen atoms in total. The molecule has 0 aromatic heterocycles. The molecule has 0 heterocycles. The van der Waals surface area contributed by atoms with Gasteiger partial charge in [0.1, 0.15) is 5.75 Å². The predicted molar refractivity (Wildman–Crippen MR) is 75.2 cm³/mol. The van der Waals surface area contributed by atoms with Crippen LogP contribution in [0.25, 0.3) is 0 Å². The van der Waals surface area contributed by atoms with Crippen molar-refractivity contribution in [2.45, 2.75) is 19.8 Å². The fourth-order valence-corrected chi connectivity index (χ4v) is 1.35. The molecule has 0 aliphatic carbocycles. The average Bonchev–Trinajstić information content (AvgIpc) is 2.45. The predicted octanol–water partition coefficient (Wildman–Crippen LogP) is 1.11. The Bertz CT molecular complexity index is 431. The summed E-state index contributed by atoms with van der Waals surface area (Å²) in [7, 11) is 0. The van der Waals surface area contributed by atoms with Gasteiger partial charge in [-0.15, -0.1) is 0 Å². The second kappa shape index (κ2) is 8.79. The molecular weight excluding hydrogens is 260 g/mol. The Morgan fingerprint density at radius 1 is 1.25 bits per heavy atom. The highest BCUT2D eigenvalue weighted by Gasteiger charge is 2.07. The van der Waals surface area contributed by atoms with Crippen molar-refractivity contribution in [3.05, 3.63) is 24.3 Å². The Hall–Kier alpha value is -2.24. The Balaban J connectivity index is 2.14. The molecule has 3 N–H and O–H groups in total. The number of esters is 1. The van der Waals surface area contributed by atoms with E-state index in [0.717, 1.165) is 6.42 Å². The minimum Gasteiger partial charge on any atom is -0.493 e. The van der Waals surface area contributed by atoms with E-state index in [9.17, 15) is 9.59 Å². The number of ether oxygens (including phenoxy) is 2. The number of amides is 1. The number of nitrogen functional groups attached to an aromatic ring is 1. The maximum atomic E-state index is 11.4. The van der Waals surface area contributed by atoms with Crippen LogP contribution in [0.15, 0.2) is 24.3 Å². The van der Waals surface area contributed by atoms with Crippen molar-refractivity contribution in [1.82, 2.24) is 5.32 Å². The molecule has 0 bridgehead atoms. The van der Waals surface area contributed by atoms with Gasteiger partial charge in [0.25, 0.3) is 5.91 Å². The number of anilines is 1. The normalized spacial score (nSPS) is 9.85. The fourth-order valence-electron chi connectivity index (χ4n) is 1.35. The van der Waals surface area contributed by atoms with Crippen LogP contribution in [-0.2, 0) is 14.3 Å². The van der Waals surface area contributed by atoms with Crippen LogP contribution in [0.4, 0.5) is 5.69 Å². The standard InChI is InChI=1S/C14H20N2O4/c1-2-8-16-13(17)10-20-14(18)7-9-19-12-5-3-11(15)4-6-12/h3-6H,2,7-10,15H2,1H3,(H,16,17). The van der Waals surface area contributed by atoms with Crippen molar-refractivity contribution < 1.29 is 19.1 Å². The van der Waals surface area contributed by atoms with Crippen molar-refractivity contribution in [2.75, 3.05) is 25.5 Å². The van der Waals surface area contributed by atoms with E-state index in [-0.39, 0.29) is 25.5 Å². The number of carbonyl (C=O) groups excluding carboxylic acids is 2. The molecule has 110 valence electrons. The molecular formula is C14H20N2O4. The highest BCUT2D eigenvalue weighted by Crippen LogP contribution is 2.13. The van der Waals surface area contributed by atoms with Crippen LogP contribution in [0.1, 0.15) is 19.8 Å². The molecule has 0 radical (unpaired) electrons. The van der Waals surface area contributed by atoms with Gasteiger partial charge in [-0.1, -0.05) is 6.92 Å². The highest BCUT2D eigenvalue weighted by atomic mass is 16.5. The summed E-state index contributed by atoms with van der Waals surface area (Å²) in [6.07, 6.45) is 0.931. The van der Waals surface area contributed by atoms with Gasteiger partial charge >= 0.3 is 5.97 Å². The molecule has 1 rings (SSSR count). The van der Waals surface area contributed by atoms with Gasteiger partial charge in [0, 0.05) is 12.2 Å². The summed E-state index contributed by atoms with van der Waals surface area (Å²) in [6, 6.07) is 6.87. The number of carbonyl (C=O) groups is 2. The van der Waals surface area contributed by atoms with Gasteiger partial charge in [-0.05, 0) is 30.7 Å². The van der Waals surface area contributed by atoms with Crippen LogP contribution >= 0.6 is 0 Å². The van der Waals surface area contributed by atoms with Gasteiger partial charge in [-0.2, -0.15) is 0 Å². The van der Waals surface area contributed by atoms with Gasteiger partial charge in [-0.3, -0.25) is 9.59 Å². The molecule has 0 unspecified atom stereocenters. The third-order valence-corrected chi connectivity index (χ3v) is 2.39. The Morgan fingerprint density at radius 3 is 2.60 bits per heavy atom. The van der Waals surface area contributed by atoms with Crippen LogP contribution in [0.5, 0.6) is 5.75 Å². The molecule has 0 aliphatic rings. The molecule has 0 atom stereocenters. The van der Waals surface area contributed by atoms with Gasteiger partial charge in [0.15, 0.2) is 6.61 Å². The molecule has 0 aliphatic heterocycles. The zero-order chi connectivity index (χ0) is 14.8. The minimum absolute atomic E-state index is 0.0887. The van der Waals surface area contributed by atoms with Crippen LogP contribution in [-0.4, -0.2) is 31.6 Å². The molecule has 1 aromatic rings. The molecule has 0 fully saturated rings. The monoisotopic (exact) mass is 280 g/mol. The summed E-state index contributed by atoms with van der Waals surface area (Å²) in [5.41, 5.74) is 6.19. The summed E-state index contributed by atoms with van der Waals surface area (Å²) in [4.78, 5) is 22.6. The number of rotatable bonds is 8. The molecule has 0 saturated carbocycles. The quantitative estimate of drug-likeness (QED) is 0.550. The smallest absolute Gasteiger partial charge is 0.309 e. The summed E-state index contributed by atoms with van der Waals surface area (Å²) >= 11 is 0. The van der Waals surface area contributed by atoms with E-state index in [2.05, 4.69) is 5.32 Å². The second-order valence-corrected chi connectivity index (χ2v) is 4.18. The average molecular weight is 280 g/mol. The summed E-state index contributed by atoms with van der Waals surface area (Å²) in [6.45, 7) is 2.47. The van der Waals surface area contributed by atoms with E-state index >= 15 is 0 Å². The number of benzene rings is 1. The summed E-state index contributed by atoms with van der Waals surface area (Å²) in [5, 5.41) is 2.62. The van der Waals surface area contributed by atoms with Gasteiger partial charge in [-0.25, -0.2) is 0 Å². The number of hydrogen-bond donors (Lipinski definition) is 2. The molecule has 6 heteroatoms. The second-order valence-electron chi connectivity index (χ2n) is 4.18. The summed E-state index contributed by atoms with van der Waals surface area (Å²) < 4.78 is 10.2. The lowest BCUT2D eigenvalue weighted by Gasteiger charge is -2.07.